The smallest absolute Gasteiger partial charge is 0.316 e. The van der Waals surface area contributed by atoms with Crippen molar-refractivity contribution >= 4 is 11.8 Å². The zero-order valence-electron chi connectivity index (χ0n) is 11.3. The lowest BCUT2D eigenvalue weighted by atomic mass is 9.56. The maximum Gasteiger partial charge on any atom is 0.316 e. The topological polar surface area (TPSA) is 86.5 Å². The van der Waals surface area contributed by atoms with E-state index in [-0.39, 0.29) is 23.0 Å². The van der Waals surface area contributed by atoms with Crippen LogP contribution in [0.4, 0.5) is 0 Å². The van der Waals surface area contributed by atoms with Gasteiger partial charge in [-0.1, -0.05) is 13.3 Å². The average molecular weight is 269 g/mol. The zero-order valence-corrected chi connectivity index (χ0v) is 11.3. The van der Waals surface area contributed by atoms with Crippen LogP contribution in [0.1, 0.15) is 39.0 Å². The Balaban J connectivity index is 2.50. The summed E-state index contributed by atoms with van der Waals surface area (Å²) < 4.78 is 4.74. The predicted octanol–water partition coefficient (Wildman–Crippen LogP) is 1.59. The van der Waals surface area contributed by atoms with Crippen LogP contribution in [0.25, 0.3) is 0 Å². The number of carbonyl (C=O) groups is 2. The highest BCUT2D eigenvalue weighted by atomic mass is 16.6. The Morgan fingerprint density at radius 1 is 1.47 bits per heavy atom. The minimum atomic E-state index is -1.31. The number of nitro groups is 1. The van der Waals surface area contributed by atoms with E-state index in [4.69, 9.17) is 4.74 Å². The van der Waals surface area contributed by atoms with Crippen LogP contribution < -0.4 is 0 Å². The summed E-state index contributed by atoms with van der Waals surface area (Å²) in [7, 11) is 1.22. The molecule has 0 aromatic heterocycles. The lowest BCUT2D eigenvalue weighted by Crippen LogP contribution is -2.62. The van der Waals surface area contributed by atoms with Crippen molar-refractivity contribution in [3.63, 3.8) is 0 Å². The molecular weight excluding hydrogens is 250 g/mol. The highest BCUT2D eigenvalue weighted by molar-refractivity contribution is 5.89. The molecule has 0 aliphatic heterocycles. The van der Waals surface area contributed by atoms with Crippen LogP contribution in [0, 0.1) is 27.9 Å². The molecule has 2 rings (SSSR count). The van der Waals surface area contributed by atoms with Crippen molar-refractivity contribution in [1.82, 2.24) is 0 Å². The van der Waals surface area contributed by atoms with Gasteiger partial charge >= 0.3 is 5.97 Å². The average Bonchev–Trinajstić information content (AvgIpc) is 2.39. The van der Waals surface area contributed by atoms with Gasteiger partial charge in [-0.15, -0.1) is 0 Å². The summed E-state index contributed by atoms with van der Waals surface area (Å²) in [6.45, 7) is 1.61. The van der Waals surface area contributed by atoms with E-state index in [9.17, 15) is 19.7 Å². The second kappa shape index (κ2) is 4.90. The molecule has 0 radical (unpaired) electrons. The number of nitrogens with zero attached hydrogens (tertiary/aromatic N) is 1. The molecule has 0 saturated heterocycles. The van der Waals surface area contributed by atoms with Crippen LogP contribution in [-0.4, -0.2) is 29.3 Å². The van der Waals surface area contributed by atoms with Crippen LogP contribution >= 0.6 is 0 Å². The molecule has 0 heterocycles. The van der Waals surface area contributed by atoms with Crippen molar-refractivity contribution in [2.75, 3.05) is 7.11 Å². The minimum absolute atomic E-state index is 0.0558. The highest BCUT2D eigenvalue weighted by Crippen LogP contribution is 2.50. The third-order valence-electron chi connectivity index (χ3n) is 4.88. The van der Waals surface area contributed by atoms with Crippen molar-refractivity contribution in [1.29, 1.82) is 0 Å². The Labute approximate surface area is 111 Å². The minimum Gasteiger partial charge on any atom is -0.469 e. The molecular formula is C13H19NO5. The molecule has 2 saturated carbocycles. The normalized spacial score (nSPS) is 38.4. The number of methoxy groups -OCH3 is 1. The molecule has 19 heavy (non-hydrogen) atoms. The maximum atomic E-state index is 12.0. The summed E-state index contributed by atoms with van der Waals surface area (Å²) in [6, 6.07) is 0. The standard InChI is InChI=1S/C13H19NO5/c1-8-10(15)7-9-5-3-4-6-13(9,14(17)18)11(8)12(16)19-2/h8-9,11H,3-7H2,1-2H3/t8-,9-,11+,13+/m0/s1. The number of esters is 1. The van der Waals surface area contributed by atoms with Crippen LogP contribution in [0.3, 0.4) is 0 Å². The van der Waals surface area contributed by atoms with E-state index < -0.39 is 23.3 Å². The van der Waals surface area contributed by atoms with Gasteiger partial charge in [-0.25, -0.2) is 0 Å². The van der Waals surface area contributed by atoms with Crippen LogP contribution in [0.5, 0.6) is 0 Å². The number of carbonyl (C=O) groups excluding carboxylic acids is 2. The van der Waals surface area contributed by atoms with Crippen LogP contribution in [0.15, 0.2) is 0 Å². The van der Waals surface area contributed by atoms with Crippen molar-refractivity contribution in [3.05, 3.63) is 10.1 Å². The van der Waals surface area contributed by atoms with Gasteiger partial charge in [0.1, 0.15) is 11.7 Å². The number of hydrogen-bond donors (Lipinski definition) is 0. The second-order valence-electron chi connectivity index (χ2n) is 5.65. The molecule has 106 valence electrons. The highest BCUT2D eigenvalue weighted by Gasteiger charge is 2.65. The van der Waals surface area contributed by atoms with Gasteiger partial charge in [-0.2, -0.15) is 0 Å². The Morgan fingerprint density at radius 2 is 2.16 bits per heavy atom. The van der Waals surface area contributed by atoms with Gasteiger partial charge in [0, 0.05) is 29.6 Å². The first-order chi connectivity index (χ1) is 8.95. The molecule has 0 N–H and O–H groups in total. The molecule has 0 spiro atoms. The molecule has 0 bridgehead atoms. The summed E-state index contributed by atoms with van der Waals surface area (Å²) in [5, 5.41) is 11.7. The number of Topliss-reactive ketones (excluding diaryl/α,β-unsaturated/α-hetero) is 1. The lowest BCUT2D eigenvalue weighted by molar-refractivity contribution is -0.596. The van der Waals surface area contributed by atoms with Crippen molar-refractivity contribution in [2.45, 2.75) is 44.6 Å². The molecule has 6 heteroatoms. The molecule has 2 aliphatic rings. The number of ether oxygens (including phenoxy) is 1. The number of hydrogen-bond acceptors (Lipinski definition) is 5. The SMILES string of the molecule is COC(=O)[C@H]1[C@@H](C)C(=O)C[C@@H]2CCCC[C@@]21[N+](=O)[O-]. The molecule has 6 nitrogen and oxygen atoms in total. The lowest BCUT2D eigenvalue weighted by Gasteiger charge is -2.45. The van der Waals surface area contributed by atoms with E-state index in [2.05, 4.69) is 0 Å². The number of ketones is 1. The first-order valence-electron chi connectivity index (χ1n) is 6.70. The van der Waals surface area contributed by atoms with Gasteiger partial charge in [0.25, 0.3) is 0 Å². The van der Waals surface area contributed by atoms with Crippen molar-refractivity contribution in [2.24, 2.45) is 17.8 Å². The maximum absolute atomic E-state index is 12.0. The fourth-order valence-electron chi connectivity index (χ4n) is 3.88. The van der Waals surface area contributed by atoms with E-state index in [0.717, 1.165) is 12.8 Å². The number of fused-ring (bicyclic) bond motifs is 1. The molecule has 0 amide bonds. The van der Waals surface area contributed by atoms with Crippen LogP contribution in [0.2, 0.25) is 0 Å². The van der Waals surface area contributed by atoms with Crippen molar-refractivity contribution in [3.8, 4) is 0 Å². The van der Waals surface area contributed by atoms with Gasteiger partial charge < -0.3 is 4.74 Å². The quantitative estimate of drug-likeness (QED) is 0.431. The van der Waals surface area contributed by atoms with Gasteiger partial charge in [-0.05, 0) is 12.8 Å². The Kier molecular flexibility index (Phi) is 3.60. The molecule has 0 unspecified atom stereocenters. The zero-order chi connectivity index (χ0) is 14.2. The Bertz CT molecular complexity index is 421. The van der Waals surface area contributed by atoms with Crippen molar-refractivity contribution < 1.29 is 19.2 Å². The predicted molar refractivity (Wildman–Crippen MR) is 66.0 cm³/mol. The fourth-order valence-corrected chi connectivity index (χ4v) is 3.88. The van der Waals surface area contributed by atoms with E-state index in [0.29, 0.717) is 12.8 Å². The van der Waals surface area contributed by atoms with Gasteiger partial charge in [0.05, 0.1) is 7.11 Å². The molecule has 2 aliphatic carbocycles. The molecule has 2 fully saturated rings. The van der Waals surface area contributed by atoms with Gasteiger partial charge in [0.15, 0.2) is 0 Å². The largest absolute Gasteiger partial charge is 0.469 e. The van der Waals surface area contributed by atoms with E-state index in [1.807, 2.05) is 0 Å². The van der Waals surface area contributed by atoms with E-state index >= 15 is 0 Å². The van der Waals surface area contributed by atoms with E-state index in [1.54, 1.807) is 6.92 Å². The summed E-state index contributed by atoms with van der Waals surface area (Å²) in [5.41, 5.74) is -1.31. The first-order valence-corrected chi connectivity index (χ1v) is 6.70. The fraction of sp³-hybridized carbons (Fsp3) is 0.846. The van der Waals surface area contributed by atoms with Crippen LogP contribution in [-0.2, 0) is 14.3 Å². The third kappa shape index (κ3) is 1.93. The Hall–Kier alpha value is -1.46. The van der Waals surface area contributed by atoms with Gasteiger partial charge in [0.2, 0.25) is 5.54 Å². The first kappa shape index (κ1) is 14.0. The molecule has 0 aromatic rings. The number of rotatable bonds is 2. The third-order valence-corrected chi connectivity index (χ3v) is 4.88. The Morgan fingerprint density at radius 3 is 2.74 bits per heavy atom. The summed E-state index contributed by atoms with van der Waals surface area (Å²) in [6.07, 6.45) is 2.84. The van der Waals surface area contributed by atoms with E-state index in [1.165, 1.54) is 7.11 Å². The monoisotopic (exact) mass is 269 g/mol. The summed E-state index contributed by atoms with van der Waals surface area (Å²) in [4.78, 5) is 35.4. The van der Waals surface area contributed by atoms with Gasteiger partial charge in [-0.3, -0.25) is 19.7 Å². The molecule has 0 aromatic carbocycles. The molecule has 4 atom stereocenters. The second-order valence-corrected chi connectivity index (χ2v) is 5.65. The summed E-state index contributed by atoms with van der Waals surface area (Å²) in [5.74, 6) is -2.58. The summed E-state index contributed by atoms with van der Waals surface area (Å²) >= 11 is 0.